The number of alkyl halides is 3. The Morgan fingerprint density at radius 3 is 2.21 bits per heavy atom. The van der Waals surface area contributed by atoms with E-state index in [1.54, 1.807) is 0 Å². The highest BCUT2D eigenvalue weighted by molar-refractivity contribution is 14.0. The minimum atomic E-state index is -4.41. The quantitative estimate of drug-likeness (QED) is 0.285. The molecule has 0 aliphatic carbocycles. The van der Waals surface area contributed by atoms with E-state index in [1.807, 2.05) is 6.92 Å². The molecule has 1 unspecified atom stereocenters. The second-order valence-electron chi connectivity index (χ2n) is 7.70. The van der Waals surface area contributed by atoms with Gasteiger partial charge in [-0.05, 0) is 38.8 Å². The van der Waals surface area contributed by atoms with Crippen molar-refractivity contribution in [2.45, 2.75) is 58.7 Å². The van der Waals surface area contributed by atoms with Crippen LogP contribution in [-0.2, 0) is 4.79 Å². The molecule has 1 saturated heterocycles. The van der Waals surface area contributed by atoms with Crippen molar-refractivity contribution < 1.29 is 18.0 Å². The van der Waals surface area contributed by atoms with Crippen LogP contribution < -0.4 is 10.6 Å². The fourth-order valence-corrected chi connectivity index (χ4v) is 3.38. The van der Waals surface area contributed by atoms with E-state index in [-0.39, 0.29) is 30.5 Å². The monoisotopic (exact) mass is 535 g/mol. The Bertz CT molecular complexity index is 495. The van der Waals surface area contributed by atoms with Gasteiger partial charge in [0.05, 0.1) is 0 Å². The smallest absolute Gasteiger partial charge is 0.357 e. The van der Waals surface area contributed by atoms with E-state index in [0.29, 0.717) is 35.9 Å². The van der Waals surface area contributed by atoms with Gasteiger partial charge in [0, 0.05) is 26.2 Å². The molecule has 1 aliphatic heterocycles. The lowest BCUT2D eigenvalue weighted by Crippen LogP contribution is -2.50. The zero-order valence-corrected chi connectivity index (χ0v) is 20.3. The fourth-order valence-electron chi connectivity index (χ4n) is 3.38. The summed E-state index contributed by atoms with van der Waals surface area (Å²) < 4.78 is 37.3. The first kappa shape index (κ1) is 28.2. The van der Waals surface area contributed by atoms with Crippen LogP contribution in [0.4, 0.5) is 13.2 Å². The molecule has 6 nitrogen and oxygen atoms in total. The number of hydrogen-bond donors (Lipinski definition) is 2. The van der Waals surface area contributed by atoms with Crippen molar-refractivity contribution in [1.29, 1.82) is 0 Å². The van der Waals surface area contributed by atoms with Crippen LogP contribution in [0.3, 0.4) is 0 Å². The molecule has 29 heavy (non-hydrogen) atoms. The highest BCUT2D eigenvalue weighted by Gasteiger charge is 2.31. The van der Waals surface area contributed by atoms with Crippen molar-refractivity contribution >= 4 is 35.8 Å². The summed E-state index contributed by atoms with van der Waals surface area (Å²) in [5, 5.41) is 6.33. The van der Waals surface area contributed by atoms with Crippen LogP contribution >= 0.6 is 24.0 Å². The van der Waals surface area contributed by atoms with Gasteiger partial charge in [-0.2, -0.15) is 13.2 Å². The summed E-state index contributed by atoms with van der Waals surface area (Å²) in [5.74, 6) is 0.243. The first-order valence-corrected chi connectivity index (χ1v) is 10.2. The standard InChI is InChI=1S/C19H36F3N5O.HI/c1-5-23-18(25-13-17(28)26(4)14-19(20,21)22)24-12-16(15(2)3)27-10-8-6-7-9-11-27;/h15-16H,5-14H2,1-4H3,(H2,23,24,25);1H. The van der Waals surface area contributed by atoms with Crippen molar-refractivity contribution in [1.82, 2.24) is 20.4 Å². The molecule has 1 atom stereocenters. The number of carbonyl (C=O) groups excluding carboxylic acids is 1. The van der Waals surface area contributed by atoms with Gasteiger partial charge in [-0.3, -0.25) is 9.69 Å². The number of rotatable bonds is 8. The number of halogens is 4. The summed E-state index contributed by atoms with van der Waals surface area (Å²) in [6, 6.07) is 0.338. The number of likely N-dealkylation sites (tertiary alicyclic amines) is 1. The maximum absolute atomic E-state index is 12.4. The minimum absolute atomic E-state index is 0. The van der Waals surface area contributed by atoms with Crippen LogP contribution in [0, 0.1) is 5.92 Å². The SMILES string of the molecule is CCNC(=NCC(=O)N(C)CC(F)(F)F)NCC(C(C)C)N1CCCCCC1.I. The van der Waals surface area contributed by atoms with E-state index in [1.165, 1.54) is 25.7 Å². The van der Waals surface area contributed by atoms with E-state index >= 15 is 0 Å². The molecule has 2 N–H and O–H groups in total. The Balaban J connectivity index is 0.00000784. The molecule has 0 saturated carbocycles. The third-order valence-corrected chi connectivity index (χ3v) is 4.92. The number of nitrogens with zero attached hydrogens (tertiary/aromatic N) is 3. The van der Waals surface area contributed by atoms with Crippen molar-refractivity contribution in [3.63, 3.8) is 0 Å². The Kier molecular flexibility index (Phi) is 13.9. The molecule has 1 fully saturated rings. The minimum Gasteiger partial charge on any atom is -0.357 e. The topological polar surface area (TPSA) is 60.0 Å². The Labute approximate surface area is 190 Å². The lowest BCUT2D eigenvalue weighted by Gasteiger charge is -2.34. The van der Waals surface area contributed by atoms with Gasteiger partial charge in [0.15, 0.2) is 5.96 Å². The fraction of sp³-hybridized carbons (Fsp3) is 0.895. The molecular formula is C19H37F3IN5O. The van der Waals surface area contributed by atoms with E-state index in [9.17, 15) is 18.0 Å². The summed E-state index contributed by atoms with van der Waals surface area (Å²) in [5.41, 5.74) is 0. The van der Waals surface area contributed by atoms with Gasteiger partial charge in [0.2, 0.25) is 5.91 Å². The molecule has 1 amide bonds. The zero-order chi connectivity index (χ0) is 21.2. The molecule has 0 aromatic heterocycles. The zero-order valence-electron chi connectivity index (χ0n) is 18.0. The lowest BCUT2D eigenvalue weighted by molar-refractivity contribution is -0.157. The van der Waals surface area contributed by atoms with Crippen LogP contribution in [0.5, 0.6) is 0 Å². The lowest BCUT2D eigenvalue weighted by atomic mass is 10.0. The molecule has 0 spiro atoms. The number of aliphatic imine (C=N–C) groups is 1. The molecule has 172 valence electrons. The average molecular weight is 535 g/mol. The van der Waals surface area contributed by atoms with Crippen molar-refractivity contribution in [2.75, 3.05) is 46.3 Å². The number of guanidine groups is 1. The molecule has 0 bridgehead atoms. The summed E-state index contributed by atoms with van der Waals surface area (Å²) in [4.78, 5) is 19.3. The van der Waals surface area contributed by atoms with Gasteiger partial charge in [-0.25, -0.2) is 4.99 Å². The van der Waals surface area contributed by atoms with Gasteiger partial charge in [-0.1, -0.05) is 26.7 Å². The Morgan fingerprint density at radius 2 is 1.72 bits per heavy atom. The largest absolute Gasteiger partial charge is 0.406 e. The van der Waals surface area contributed by atoms with Crippen LogP contribution in [0.15, 0.2) is 4.99 Å². The Hall–Kier alpha value is -0.780. The number of nitrogens with one attached hydrogen (secondary N) is 2. The number of hydrogen-bond acceptors (Lipinski definition) is 3. The summed E-state index contributed by atoms with van der Waals surface area (Å²) >= 11 is 0. The van der Waals surface area contributed by atoms with Crippen molar-refractivity contribution in [3.8, 4) is 0 Å². The summed E-state index contributed by atoms with van der Waals surface area (Å²) in [7, 11) is 1.14. The highest BCUT2D eigenvalue weighted by atomic mass is 127. The second kappa shape index (κ2) is 14.3. The Morgan fingerprint density at radius 1 is 1.14 bits per heavy atom. The first-order chi connectivity index (χ1) is 13.1. The van der Waals surface area contributed by atoms with E-state index in [0.717, 1.165) is 20.1 Å². The molecule has 1 aliphatic rings. The van der Waals surface area contributed by atoms with E-state index in [2.05, 4.69) is 34.4 Å². The van der Waals surface area contributed by atoms with Gasteiger partial charge < -0.3 is 15.5 Å². The second-order valence-corrected chi connectivity index (χ2v) is 7.70. The maximum Gasteiger partial charge on any atom is 0.406 e. The average Bonchev–Trinajstić information content (AvgIpc) is 2.87. The highest BCUT2D eigenvalue weighted by Crippen LogP contribution is 2.17. The number of amides is 1. The molecule has 1 heterocycles. The molecule has 0 aromatic carbocycles. The third kappa shape index (κ3) is 11.9. The normalized spacial score (nSPS) is 17.3. The molecule has 1 rings (SSSR count). The number of carbonyl (C=O) groups is 1. The van der Waals surface area contributed by atoms with Crippen molar-refractivity contribution in [3.05, 3.63) is 0 Å². The summed E-state index contributed by atoms with van der Waals surface area (Å²) in [6.45, 7) is 8.15. The van der Waals surface area contributed by atoms with Gasteiger partial charge >= 0.3 is 6.18 Å². The molecule has 0 radical (unpaired) electrons. The molecular weight excluding hydrogens is 498 g/mol. The summed E-state index contributed by atoms with van der Waals surface area (Å²) in [6.07, 6.45) is 0.544. The van der Waals surface area contributed by atoms with Crippen LogP contribution in [0.25, 0.3) is 0 Å². The van der Waals surface area contributed by atoms with Crippen LogP contribution in [0.1, 0.15) is 46.5 Å². The molecule has 10 heteroatoms. The number of likely N-dealkylation sites (N-methyl/N-ethyl adjacent to an activating group) is 1. The first-order valence-electron chi connectivity index (χ1n) is 10.2. The van der Waals surface area contributed by atoms with Crippen LogP contribution in [-0.4, -0.2) is 80.2 Å². The van der Waals surface area contributed by atoms with E-state index < -0.39 is 18.6 Å². The van der Waals surface area contributed by atoms with Crippen molar-refractivity contribution in [2.24, 2.45) is 10.9 Å². The van der Waals surface area contributed by atoms with E-state index in [4.69, 9.17) is 0 Å². The van der Waals surface area contributed by atoms with Gasteiger partial charge in [0.1, 0.15) is 13.1 Å². The van der Waals surface area contributed by atoms with Gasteiger partial charge in [-0.15, -0.1) is 24.0 Å². The predicted molar refractivity (Wildman–Crippen MR) is 122 cm³/mol. The predicted octanol–water partition coefficient (Wildman–Crippen LogP) is 3.08. The van der Waals surface area contributed by atoms with Crippen LogP contribution in [0.2, 0.25) is 0 Å². The molecule has 0 aromatic rings. The van der Waals surface area contributed by atoms with Gasteiger partial charge in [0.25, 0.3) is 0 Å². The third-order valence-electron chi connectivity index (χ3n) is 4.92. The maximum atomic E-state index is 12.4.